The third-order valence-corrected chi connectivity index (χ3v) is 3.92. The molecule has 1 aliphatic rings. The van der Waals surface area contributed by atoms with E-state index in [4.69, 9.17) is 11.6 Å². The molecule has 0 aromatic carbocycles. The zero-order chi connectivity index (χ0) is 14.0. The predicted molar refractivity (Wildman–Crippen MR) is 75.6 cm³/mol. The SMILES string of the molecule is CC1(C)CCC(Nc2ncc(Cl)cc2[N+](=O)[O-])CC1. The van der Waals surface area contributed by atoms with Crippen molar-refractivity contribution >= 4 is 23.1 Å². The molecule has 0 unspecified atom stereocenters. The van der Waals surface area contributed by atoms with Crippen LogP contribution in [0.2, 0.25) is 5.02 Å². The molecule has 0 aliphatic heterocycles. The lowest BCUT2D eigenvalue weighted by Gasteiger charge is -2.34. The summed E-state index contributed by atoms with van der Waals surface area (Å²) < 4.78 is 0. The number of pyridine rings is 1. The molecule has 1 saturated carbocycles. The molecule has 6 heteroatoms. The standard InChI is InChI=1S/C13H18ClN3O2/c1-13(2)5-3-10(4-6-13)16-12-11(17(18)19)7-9(14)8-15-12/h7-8,10H,3-6H2,1-2H3,(H,15,16). The van der Waals surface area contributed by atoms with Gasteiger partial charge in [-0.1, -0.05) is 25.4 Å². The lowest BCUT2D eigenvalue weighted by Crippen LogP contribution is -2.30. The van der Waals surface area contributed by atoms with Gasteiger partial charge in [0.05, 0.1) is 9.95 Å². The third kappa shape index (κ3) is 3.56. The van der Waals surface area contributed by atoms with Crippen molar-refractivity contribution in [2.24, 2.45) is 5.41 Å². The van der Waals surface area contributed by atoms with Crippen molar-refractivity contribution in [1.82, 2.24) is 4.98 Å². The fourth-order valence-corrected chi connectivity index (χ4v) is 2.57. The zero-order valence-electron chi connectivity index (χ0n) is 11.1. The van der Waals surface area contributed by atoms with E-state index in [0.29, 0.717) is 11.2 Å². The Bertz CT molecular complexity index is 481. The van der Waals surface area contributed by atoms with E-state index >= 15 is 0 Å². The summed E-state index contributed by atoms with van der Waals surface area (Å²) >= 11 is 5.75. The molecule has 1 heterocycles. The number of nitrogens with one attached hydrogen (secondary N) is 1. The highest BCUT2D eigenvalue weighted by molar-refractivity contribution is 6.30. The van der Waals surface area contributed by atoms with Crippen LogP contribution in [0.1, 0.15) is 39.5 Å². The molecule has 0 spiro atoms. The van der Waals surface area contributed by atoms with E-state index in [1.807, 2.05) is 0 Å². The van der Waals surface area contributed by atoms with E-state index < -0.39 is 4.92 Å². The molecule has 1 fully saturated rings. The zero-order valence-corrected chi connectivity index (χ0v) is 11.9. The summed E-state index contributed by atoms with van der Waals surface area (Å²) in [6.07, 6.45) is 5.69. The summed E-state index contributed by atoms with van der Waals surface area (Å²) in [7, 11) is 0. The molecule has 104 valence electrons. The summed E-state index contributed by atoms with van der Waals surface area (Å²) in [5.74, 6) is 0.319. The van der Waals surface area contributed by atoms with Crippen LogP contribution in [0, 0.1) is 15.5 Å². The lowest BCUT2D eigenvalue weighted by molar-refractivity contribution is -0.384. The van der Waals surface area contributed by atoms with E-state index in [1.165, 1.54) is 12.3 Å². The normalized spacial score (nSPS) is 19.1. The van der Waals surface area contributed by atoms with Crippen LogP contribution < -0.4 is 5.32 Å². The first-order valence-corrected chi connectivity index (χ1v) is 6.82. The van der Waals surface area contributed by atoms with E-state index in [-0.39, 0.29) is 16.8 Å². The highest BCUT2D eigenvalue weighted by Gasteiger charge is 2.28. The number of nitrogens with zero attached hydrogens (tertiary/aromatic N) is 2. The first-order valence-electron chi connectivity index (χ1n) is 6.44. The molecule has 19 heavy (non-hydrogen) atoms. The smallest absolute Gasteiger partial charge is 0.312 e. The summed E-state index contributed by atoms with van der Waals surface area (Å²) in [4.78, 5) is 14.6. The summed E-state index contributed by atoms with van der Waals surface area (Å²) in [5.41, 5.74) is 0.315. The molecule has 1 aliphatic carbocycles. The van der Waals surface area contributed by atoms with Crippen LogP contribution in [0.5, 0.6) is 0 Å². The number of aromatic nitrogens is 1. The number of rotatable bonds is 3. The summed E-state index contributed by atoms with van der Waals surface area (Å²) in [5, 5.41) is 14.4. The van der Waals surface area contributed by atoms with Gasteiger partial charge in [-0.25, -0.2) is 4.98 Å². The van der Waals surface area contributed by atoms with Crippen LogP contribution in [-0.4, -0.2) is 15.9 Å². The highest BCUT2D eigenvalue weighted by Crippen LogP contribution is 2.37. The second-order valence-corrected chi connectivity index (χ2v) is 6.30. The highest BCUT2D eigenvalue weighted by atomic mass is 35.5. The second kappa shape index (κ2) is 5.33. The van der Waals surface area contributed by atoms with Crippen molar-refractivity contribution in [3.63, 3.8) is 0 Å². The first-order chi connectivity index (χ1) is 8.87. The van der Waals surface area contributed by atoms with Crippen molar-refractivity contribution in [2.75, 3.05) is 5.32 Å². The quantitative estimate of drug-likeness (QED) is 0.672. The molecule has 2 rings (SSSR count). The fourth-order valence-electron chi connectivity index (χ4n) is 2.42. The topological polar surface area (TPSA) is 68.1 Å². The Balaban J connectivity index is 2.10. The van der Waals surface area contributed by atoms with Gasteiger partial charge in [-0.3, -0.25) is 10.1 Å². The van der Waals surface area contributed by atoms with E-state index in [1.54, 1.807) is 0 Å². The maximum atomic E-state index is 11.0. The molecule has 0 saturated heterocycles. The monoisotopic (exact) mass is 283 g/mol. The van der Waals surface area contributed by atoms with E-state index in [9.17, 15) is 10.1 Å². The van der Waals surface area contributed by atoms with Crippen molar-refractivity contribution < 1.29 is 4.92 Å². The van der Waals surface area contributed by atoms with Crippen LogP contribution in [0.15, 0.2) is 12.3 Å². The predicted octanol–water partition coefficient (Wildman–Crippen LogP) is 4.02. The van der Waals surface area contributed by atoms with Crippen molar-refractivity contribution in [1.29, 1.82) is 0 Å². The van der Waals surface area contributed by atoms with Crippen LogP contribution >= 0.6 is 11.6 Å². The Morgan fingerprint density at radius 2 is 2.11 bits per heavy atom. The molecule has 1 aromatic heterocycles. The molecule has 0 radical (unpaired) electrons. The molecule has 1 aromatic rings. The minimum Gasteiger partial charge on any atom is -0.362 e. The molecule has 0 atom stereocenters. The molecule has 5 nitrogen and oxygen atoms in total. The first kappa shape index (κ1) is 14.1. The minimum absolute atomic E-state index is 0.0580. The van der Waals surface area contributed by atoms with Gasteiger partial charge in [0, 0.05) is 18.3 Å². The van der Waals surface area contributed by atoms with Crippen molar-refractivity contribution in [3.05, 3.63) is 27.4 Å². The largest absolute Gasteiger partial charge is 0.362 e. The van der Waals surface area contributed by atoms with Gasteiger partial charge in [0.25, 0.3) is 0 Å². The van der Waals surface area contributed by atoms with E-state index in [0.717, 1.165) is 25.7 Å². The summed E-state index contributed by atoms with van der Waals surface area (Å²) in [6.45, 7) is 4.51. The fraction of sp³-hybridized carbons (Fsp3) is 0.615. The van der Waals surface area contributed by atoms with Gasteiger partial charge in [0.2, 0.25) is 5.82 Å². The number of hydrogen-bond acceptors (Lipinski definition) is 4. The maximum Gasteiger partial charge on any atom is 0.312 e. The number of hydrogen-bond donors (Lipinski definition) is 1. The van der Waals surface area contributed by atoms with Crippen LogP contribution in [0.4, 0.5) is 11.5 Å². The van der Waals surface area contributed by atoms with Crippen molar-refractivity contribution in [3.8, 4) is 0 Å². The van der Waals surface area contributed by atoms with E-state index in [2.05, 4.69) is 24.1 Å². The van der Waals surface area contributed by atoms with Gasteiger partial charge in [-0.15, -0.1) is 0 Å². The minimum atomic E-state index is -0.450. The number of halogens is 1. The van der Waals surface area contributed by atoms with Crippen LogP contribution in [-0.2, 0) is 0 Å². The summed E-state index contributed by atoms with van der Waals surface area (Å²) in [6, 6.07) is 1.59. The average Bonchev–Trinajstić information content (AvgIpc) is 2.33. The number of nitro groups is 1. The van der Waals surface area contributed by atoms with Gasteiger partial charge in [0.1, 0.15) is 0 Å². The van der Waals surface area contributed by atoms with Gasteiger partial charge in [-0.2, -0.15) is 0 Å². The molecule has 0 amide bonds. The maximum absolute atomic E-state index is 11.0. The Labute approximate surface area is 117 Å². The number of anilines is 1. The Hall–Kier alpha value is -1.36. The van der Waals surface area contributed by atoms with Crippen LogP contribution in [0.3, 0.4) is 0 Å². The van der Waals surface area contributed by atoms with Gasteiger partial charge in [0.15, 0.2) is 0 Å². The molecular formula is C13H18ClN3O2. The molecular weight excluding hydrogens is 266 g/mol. The Morgan fingerprint density at radius 1 is 1.47 bits per heavy atom. The third-order valence-electron chi connectivity index (χ3n) is 3.71. The molecule has 0 bridgehead atoms. The Morgan fingerprint density at radius 3 is 2.68 bits per heavy atom. The van der Waals surface area contributed by atoms with Crippen molar-refractivity contribution in [2.45, 2.75) is 45.6 Å². The van der Waals surface area contributed by atoms with Gasteiger partial charge >= 0.3 is 5.69 Å². The average molecular weight is 284 g/mol. The molecule has 1 N–H and O–H groups in total. The van der Waals surface area contributed by atoms with Gasteiger partial charge < -0.3 is 5.32 Å². The lowest BCUT2D eigenvalue weighted by atomic mass is 9.75. The second-order valence-electron chi connectivity index (χ2n) is 5.86. The van der Waals surface area contributed by atoms with Gasteiger partial charge in [-0.05, 0) is 31.1 Å². The van der Waals surface area contributed by atoms with Crippen LogP contribution in [0.25, 0.3) is 0 Å². The Kier molecular flexibility index (Phi) is 3.94.